The van der Waals surface area contributed by atoms with Gasteiger partial charge in [0, 0.05) is 49.6 Å². The van der Waals surface area contributed by atoms with Crippen molar-refractivity contribution in [1.29, 1.82) is 0 Å². The second kappa shape index (κ2) is 10.2. The van der Waals surface area contributed by atoms with Gasteiger partial charge in [0.1, 0.15) is 5.82 Å². The largest absolute Gasteiger partial charge is 0.393 e. The molecule has 1 saturated heterocycles. The number of aromatic nitrogens is 4. The molecule has 4 heterocycles. The van der Waals surface area contributed by atoms with Crippen LogP contribution in [0.2, 0.25) is 0 Å². The molecule has 0 aromatic carbocycles. The van der Waals surface area contributed by atoms with Crippen LogP contribution in [-0.2, 0) is 9.47 Å². The van der Waals surface area contributed by atoms with Crippen molar-refractivity contribution in [1.82, 2.24) is 19.6 Å². The van der Waals surface area contributed by atoms with Crippen LogP contribution >= 0.6 is 0 Å². The van der Waals surface area contributed by atoms with Crippen molar-refractivity contribution < 1.29 is 14.6 Å². The van der Waals surface area contributed by atoms with Gasteiger partial charge < -0.3 is 24.8 Å². The molecule has 1 aliphatic heterocycles. The number of morpholine rings is 1. The predicted molar refractivity (Wildman–Crippen MR) is 131 cm³/mol. The summed E-state index contributed by atoms with van der Waals surface area (Å²) in [4.78, 5) is 11.5. The highest BCUT2D eigenvalue weighted by Crippen LogP contribution is 2.38. The van der Waals surface area contributed by atoms with Crippen molar-refractivity contribution in [2.24, 2.45) is 0 Å². The van der Waals surface area contributed by atoms with Gasteiger partial charge >= 0.3 is 0 Å². The van der Waals surface area contributed by atoms with Gasteiger partial charge in [-0.05, 0) is 56.4 Å². The molecule has 2 fully saturated rings. The number of nitrogens with one attached hydrogen (secondary N) is 1. The van der Waals surface area contributed by atoms with E-state index in [1.54, 1.807) is 7.11 Å². The molecule has 1 aliphatic carbocycles. The number of pyridine rings is 1. The van der Waals surface area contributed by atoms with Gasteiger partial charge in [-0.2, -0.15) is 0 Å². The van der Waals surface area contributed by atoms with Crippen molar-refractivity contribution in [3.05, 3.63) is 36.3 Å². The van der Waals surface area contributed by atoms with E-state index in [1.807, 2.05) is 23.8 Å². The lowest BCUT2D eigenvalue weighted by Crippen LogP contribution is -2.36. The molecule has 3 aromatic rings. The van der Waals surface area contributed by atoms with Gasteiger partial charge in [0.2, 0.25) is 5.95 Å². The number of anilines is 2. The van der Waals surface area contributed by atoms with E-state index in [9.17, 15) is 5.11 Å². The van der Waals surface area contributed by atoms with Crippen LogP contribution in [0.4, 0.5) is 11.8 Å². The zero-order valence-corrected chi connectivity index (χ0v) is 20.0. The highest BCUT2D eigenvalue weighted by molar-refractivity contribution is 5.82. The third kappa shape index (κ3) is 4.87. The Morgan fingerprint density at radius 1 is 1.18 bits per heavy atom. The molecule has 0 unspecified atom stereocenters. The standard InChI is InChI=1S/C25H34N6O3/c1-17(16-33-2)28-25-27-15-23-21(14-22(31(23)29-25)18-3-5-20(32)6-4-18)19-7-8-26-24(13-19)30-9-11-34-12-10-30/h7-8,13-15,17-18,20,32H,3-6,9-12,16H2,1-2H3,(H,28,29)/t17-,18-,20-/m0/s1. The molecule has 0 radical (unpaired) electrons. The Kier molecular flexibility index (Phi) is 6.94. The van der Waals surface area contributed by atoms with Crippen molar-refractivity contribution in [2.75, 3.05) is 50.2 Å². The minimum absolute atomic E-state index is 0.0991. The van der Waals surface area contributed by atoms with Gasteiger partial charge in [0.25, 0.3) is 0 Å². The van der Waals surface area contributed by atoms with Crippen LogP contribution in [0.25, 0.3) is 16.6 Å². The van der Waals surface area contributed by atoms with Crippen molar-refractivity contribution in [3.63, 3.8) is 0 Å². The number of methoxy groups -OCH3 is 1. The Morgan fingerprint density at radius 3 is 2.74 bits per heavy atom. The van der Waals surface area contributed by atoms with Crippen LogP contribution < -0.4 is 10.2 Å². The van der Waals surface area contributed by atoms with Crippen LogP contribution in [0.15, 0.2) is 30.6 Å². The lowest BCUT2D eigenvalue weighted by molar-refractivity contribution is 0.121. The summed E-state index contributed by atoms with van der Waals surface area (Å²) in [5.74, 6) is 1.90. The van der Waals surface area contributed by atoms with Crippen molar-refractivity contribution in [2.45, 2.75) is 50.7 Å². The number of aliphatic hydroxyl groups excluding tert-OH is 1. The molecule has 34 heavy (non-hydrogen) atoms. The van der Waals surface area contributed by atoms with E-state index < -0.39 is 0 Å². The van der Waals surface area contributed by atoms with E-state index in [0.717, 1.165) is 74.4 Å². The molecule has 9 heteroatoms. The van der Waals surface area contributed by atoms with E-state index in [1.165, 1.54) is 5.69 Å². The number of nitrogens with zero attached hydrogens (tertiary/aromatic N) is 5. The third-order valence-corrected chi connectivity index (χ3v) is 6.84. The molecule has 2 N–H and O–H groups in total. The first-order valence-corrected chi connectivity index (χ1v) is 12.2. The summed E-state index contributed by atoms with van der Waals surface area (Å²) in [7, 11) is 1.69. The van der Waals surface area contributed by atoms with Crippen molar-refractivity contribution in [3.8, 4) is 11.1 Å². The Bertz CT molecular complexity index is 1110. The van der Waals surface area contributed by atoms with Gasteiger partial charge in [-0.3, -0.25) is 0 Å². The van der Waals surface area contributed by atoms with Gasteiger partial charge in [0.15, 0.2) is 0 Å². The average Bonchev–Trinajstić information content (AvgIpc) is 3.24. The molecule has 0 spiro atoms. The summed E-state index contributed by atoms with van der Waals surface area (Å²) in [6, 6.07) is 6.57. The van der Waals surface area contributed by atoms with Crippen molar-refractivity contribution >= 4 is 17.3 Å². The first kappa shape index (κ1) is 23.0. The van der Waals surface area contributed by atoms with Crippen LogP contribution in [0.3, 0.4) is 0 Å². The summed E-state index contributed by atoms with van der Waals surface area (Å²) in [6.07, 6.45) is 7.14. The van der Waals surface area contributed by atoms with E-state index >= 15 is 0 Å². The topological polar surface area (TPSA) is 97.0 Å². The predicted octanol–water partition coefficient (Wildman–Crippen LogP) is 3.09. The highest BCUT2D eigenvalue weighted by atomic mass is 16.5. The minimum atomic E-state index is -0.194. The van der Waals surface area contributed by atoms with Gasteiger partial charge in [-0.1, -0.05) is 0 Å². The summed E-state index contributed by atoms with van der Waals surface area (Å²) in [5.41, 5.74) is 4.36. The fraction of sp³-hybridized carbons (Fsp3) is 0.560. The highest BCUT2D eigenvalue weighted by Gasteiger charge is 2.26. The fourth-order valence-corrected chi connectivity index (χ4v) is 5.04. The summed E-state index contributed by atoms with van der Waals surface area (Å²) in [5, 5.41) is 18.3. The smallest absolute Gasteiger partial charge is 0.241 e. The second-order valence-corrected chi connectivity index (χ2v) is 9.37. The monoisotopic (exact) mass is 466 g/mol. The van der Waals surface area contributed by atoms with Gasteiger partial charge in [-0.15, -0.1) is 5.10 Å². The van der Waals surface area contributed by atoms with Crippen LogP contribution in [0, 0.1) is 0 Å². The number of ether oxygens (including phenoxy) is 2. The summed E-state index contributed by atoms with van der Waals surface area (Å²) < 4.78 is 12.8. The molecule has 5 rings (SSSR count). The molecule has 0 bridgehead atoms. The maximum Gasteiger partial charge on any atom is 0.241 e. The summed E-state index contributed by atoms with van der Waals surface area (Å²) in [6.45, 7) is 5.77. The third-order valence-electron chi connectivity index (χ3n) is 6.84. The minimum Gasteiger partial charge on any atom is -0.393 e. The molecular weight excluding hydrogens is 432 g/mol. The first-order chi connectivity index (χ1) is 16.6. The molecule has 0 amide bonds. The van der Waals surface area contributed by atoms with E-state index in [4.69, 9.17) is 14.6 Å². The molecule has 1 atom stereocenters. The van der Waals surface area contributed by atoms with Gasteiger partial charge in [0.05, 0.1) is 37.6 Å². The molecular formula is C25H34N6O3. The Balaban J connectivity index is 1.54. The number of fused-ring (bicyclic) bond motifs is 1. The van der Waals surface area contributed by atoms with E-state index in [0.29, 0.717) is 18.5 Å². The lowest BCUT2D eigenvalue weighted by atomic mass is 9.85. The molecule has 2 aliphatic rings. The molecule has 1 saturated carbocycles. The average molecular weight is 467 g/mol. The second-order valence-electron chi connectivity index (χ2n) is 9.37. The van der Waals surface area contributed by atoms with Crippen LogP contribution in [-0.4, -0.2) is 76.9 Å². The zero-order chi connectivity index (χ0) is 23.5. The normalized spacial score (nSPS) is 22.1. The zero-order valence-electron chi connectivity index (χ0n) is 20.0. The molecule has 182 valence electrons. The first-order valence-electron chi connectivity index (χ1n) is 12.2. The lowest BCUT2D eigenvalue weighted by Gasteiger charge is -2.28. The summed E-state index contributed by atoms with van der Waals surface area (Å²) >= 11 is 0. The number of aliphatic hydroxyl groups is 1. The maximum atomic E-state index is 10.0. The molecule has 3 aromatic heterocycles. The van der Waals surface area contributed by atoms with Gasteiger partial charge in [-0.25, -0.2) is 14.5 Å². The maximum absolute atomic E-state index is 10.0. The number of rotatable bonds is 7. The SMILES string of the molecule is COC[C@H](C)Nc1ncc2c(-c3ccnc(N4CCOCC4)c3)cc([C@H]3CC[C@H](O)CC3)n2n1. The Hall–Kier alpha value is -2.75. The molecule has 9 nitrogen and oxygen atoms in total. The number of hydrogen-bond acceptors (Lipinski definition) is 8. The Morgan fingerprint density at radius 2 is 1.97 bits per heavy atom. The van der Waals surface area contributed by atoms with Crippen LogP contribution in [0.5, 0.6) is 0 Å². The van der Waals surface area contributed by atoms with E-state index in [2.05, 4.69) is 38.4 Å². The van der Waals surface area contributed by atoms with Crippen LogP contribution in [0.1, 0.15) is 44.2 Å². The quantitative estimate of drug-likeness (QED) is 0.548. The number of hydrogen-bond donors (Lipinski definition) is 2. The van der Waals surface area contributed by atoms with E-state index in [-0.39, 0.29) is 12.1 Å². The fourth-order valence-electron chi connectivity index (χ4n) is 5.04. The Labute approximate surface area is 200 Å².